The van der Waals surface area contributed by atoms with Crippen LogP contribution in [0.2, 0.25) is 0 Å². The van der Waals surface area contributed by atoms with Crippen molar-refractivity contribution in [1.29, 1.82) is 0 Å². The standard InChI is InChI=1S/C20H24N2O4/c1-15-6-4-5-7-18(15)25-13-12-20(24)26-14-19(23)21-16-8-10-17(11-9-16)22(2)3/h4-11H,12-14H2,1-3H3,(H,21,23). The average Bonchev–Trinajstić information content (AvgIpc) is 2.62. The van der Waals surface area contributed by atoms with E-state index in [1.165, 1.54) is 0 Å². The molecule has 2 aromatic rings. The van der Waals surface area contributed by atoms with E-state index < -0.39 is 5.97 Å². The van der Waals surface area contributed by atoms with E-state index in [0.29, 0.717) is 5.69 Å². The molecule has 0 fully saturated rings. The number of carbonyl (C=O) groups is 2. The number of ether oxygens (including phenoxy) is 2. The average molecular weight is 356 g/mol. The predicted octanol–water partition coefficient (Wildman–Crippen LogP) is 3.01. The Morgan fingerprint density at radius 3 is 2.38 bits per heavy atom. The second-order valence-corrected chi connectivity index (χ2v) is 6.01. The van der Waals surface area contributed by atoms with Crippen molar-refractivity contribution >= 4 is 23.3 Å². The van der Waals surface area contributed by atoms with Gasteiger partial charge in [0.05, 0.1) is 13.0 Å². The van der Waals surface area contributed by atoms with Crippen LogP contribution in [0.4, 0.5) is 11.4 Å². The number of esters is 1. The fraction of sp³-hybridized carbons (Fsp3) is 0.300. The number of anilines is 2. The van der Waals surface area contributed by atoms with Crippen LogP contribution in [0.3, 0.4) is 0 Å². The fourth-order valence-corrected chi connectivity index (χ4v) is 2.22. The molecule has 0 heterocycles. The van der Waals surface area contributed by atoms with Crippen molar-refractivity contribution in [2.24, 2.45) is 0 Å². The highest BCUT2D eigenvalue weighted by Crippen LogP contribution is 2.16. The Labute approximate surface area is 153 Å². The topological polar surface area (TPSA) is 67.9 Å². The Balaban J connectivity index is 1.68. The maximum atomic E-state index is 11.8. The third-order valence-electron chi connectivity index (χ3n) is 3.69. The van der Waals surface area contributed by atoms with Gasteiger partial charge in [-0.2, -0.15) is 0 Å². The van der Waals surface area contributed by atoms with Crippen LogP contribution in [-0.2, 0) is 14.3 Å². The molecule has 1 N–H and O–H groups in total. The van der Waals surface area contributed by atoms with E-state index in [1.54, 1.807) is 12.1 Å². The first-order valence-corrected chi connectivity index (χ1v) is 8.37. The molecule has 0 aromatic heterocycles. The van der Waals surface area contributed by atoms with Crippen LogP contribution in [0.25, 0.3) is 0 Å². The van der Waals surface area contributed by atoms with Gasteiger partial charge in [0.25, 0.3) is 5.91 Å². The van der Waals surface area contributed by atoms with Crippen molar-refractivity contribution in [3.8, 4) is 5.75 Å². The van der Waals surface area contributed by atoms with Crippen molar-refractivity contribution in [2.45, 2.75) is 13.3 Å². The first-order chi connectivity index (χ1) is 12.5. The molecule has 2 rings (SSSR count). The molecule has 138 valence electrons. The van der Waals surface area contributed by atoms with E-state index in [4.69, 9.17) is 9.47 Å². The summed E-state index contributed by atoms with van der Waals surface area (Å²) in [5.74, 6) is -0.119. The minimum absolute atomic E-state index is 0.0825. The number of amides is 1. The molecule has 0 spiro atoms. The summed E-state index contributed by atoms with van der Waals surface area (Å²) in [7, 11) is 3.88. The van der Waals surface area contributed by atoms with E-state index in [9.17, 15) is 9.59 Å². The number of rotatable bonds is 8. The Morgan fingerprint density at radius 2 is 1.73 bits per heavy atom. The van der Waals surface area contributed by atoms with Gasteiger partial charge in [0.15, 0.2) is 6.61 Å². The van der Waals surface area contributed by atoms with E-state index in [-0.39, 0.29) is 25.5 Å². The van der Waals surface area contributed by atoms with Crippen molar-refractivity contribution < 1.29 is 19.1 Å². The molecule has 2 aromatic carbocycles. The van der Waals surface area contributed by atoms with Gasteiger partial charge in [-0.15, -0.1) is 0 Å². The van der Waals surface area contributed by atoms with Gasteiger partial charge in [-0.1, -0.05) is 18.2 Å². The minimum atomic E-state index is -0.475. The molecule has 0 atom stereocenters. The molecule has 0 aliphatic rings. The minimum Gasteiger partial charge on any atom is -0.493 e. The molecule has 0 aliphatic carbocycles. The zero-order valence-corrected chi connectivity index (χ0v) is 15.3. The van der Waals surface area contributed by atoms with Gasteiger partial charge in [0.1, 0.15) is 5.75 Å². The lowest BCUT2D eigenvalue weighted by atomic mass is 10.2. The number of aryl methyl sites for hydroxylation is 1. The molecule has 26 heavy (non-hydrogen) atoms. The molecule has 0 unspecified atom stereocenters. The molecule has 6 heteroatoms. The normalized spacial score (nSPS) is 10.1. The van der Waals surface area contributed by atoms with Crippen molar-refractivity contribution in [1.82, 2.24) is 0 Å². The Morgan fingerprint density at radius 1 is 1.04 bits per heavy atom. The second-order valence-electron chi connectivity index (χ2n) is 6.01. The number of benzene rings is 2. The van der Waals surface area contributed by atoms with Gasteiger partial charge < -0.3 is 19.7 Å². The summed E-state index contributed by atoms with van der Waals surface area (Å²) in [5, 5.41) is 2.69. The summed E-state index contributed by atoms with van der Waals surface area (Å²) in [6, 6.07) is 14.9. The van der Waals surface area contributed by atoms with E-state index >= 15 is 0 Å². The summed E-state index contributed by atoms with van der Waals surface area (Å²) in [5.41, 5.74) is 2.68. The zero-order valence-electron chi connectivity index (χ0n) is 15.3. The Bertz CT molecular complexity index is 742. The first-order valence-electron chi connectivity index (χ1n) is 8.37. The zero-order chi connectivity index (χ0) is 18.9. The molecule has 0 saturated heterocycles. The Hall–Kier alpha value is -3.02. The summed E-state index contributed by atoms with van der Waals surface area (Å²) < 4.78 is 10.5. The molecule has 0 radical (unpaired) electrons. The molecular formula is C20H24N2O4. The van der Waals surface area contributed by atoms with Crippen molar-refractivity contribution in [3.05, 3.63) is 54.1 Å². The van der Waals surface area contributed by atoms with Crippen LogP contribution in [0, 0.1) is 6.92 Å². The maximum Gasteiger partial charge on any atom is 0.309 e. The summed E-state index contributed by atoms with van der Waals surface area (Å²) >= 11 is 0. The predicted molar refractivity (Wildman–Crippen MR) is 102 cm³/mol. The SMILES string of the molecule is Cc1ccccc1OCCC(=O)OCC(=O)Nc1ccc(N(C)C)cc1. The van der Waals surface area contributed by atoms with Crippen LogP contribution in [-0.4, -0.2) is 39.2 Å². The molecule has 0 aliphatic heterocycles. The fourth-order valence-electron chi connectivity index (χ4n) is 2.22. The number of nitrogens with zero attached hydrogens (tertiary/aromatic N) is 1. The molecule has 0 bridgehead atoms. The molecule has 1 amide bonds. The van der Waals surface area contributed by atoms with Crippen molar-refractivity contribution in [2.75, 3.05) is 37.5 Å². The lowest BCUT2D eigenvalue weighted by molar-refractivity contribution is -0.147. The highest BCUT2D eigenvalue weighted by Gasteiger charge is 2.09. The van der Waals surface area contributed by atoms with Gasteiger partial charge >= 0.3 is 5.97 Å². The third-order valence-corrected chi connectivity index (χ3v) is 3.69. The second kappa shape index (κ2) is 9.46. The number of nitrogens with one attached hydrogen (secondary N) is 1. The van der Waals surface area contributed by atoms with Gasteiger partial charge in [0, 0.05) is 25.5 Å². The van der Waals surface area contributed by atoms with Crippen LogP contribution in [0.15, 0.2) is 48.5 Å². The lowest BCUT2D eigenvalue weighted by Gasteiger charge is -2.13. The van der Waals surface area contributed by atoms with Gasteiger partial charge in [-0.3, -0.25) is 9.59 Å². The van der Waals surface area contributed by atoms with E-state index in [1.807, 2.05) is 62.3 Å². The summed E-state index contributed by atoms with van der Waals surface area (Å²) in [4.78, 5) is 25.5. The first kappa shape index (κ1) is 19.3. The molecular weight excluding hydrogens is 332 g/mol. The van der Waals surface area contributed by atoms with Crippen molar-refractivity contribution in [3.63, 3.8) is 0 Å². The smallest absolute Gasteiger partial charge is 0.309 e. The van der Waals surface area contributed by atoms with Crippen LogP contribution < -0.4 is 15.0 Å². The van der Waals surface area contributed by atoms with Gasteiger partial charge in [0.2, 0.25) is 0 Å². The van der Waals surface area contributed by atoms with Crippen LogP contribution >= 0.6 is 0 Å². The maximum absolute atomic E-state index is 11.8. The van der Waals surface area contributed by atoms with Gasteiger partial charge in [-0.05, 0) is 42.8 Å². The Kier molecular flexibility index (Phi) is 7.02. The molecule has 6 nitrogen and oxygen atoms in total. The molecule has 0 saturated carbocycles. The number of hydrogen-bond donors (Lipinski definition) is 1. The number of para-hydroxylation sites is 1. The summed E-state index contributed by atoms with van der Waals surface area (Å²) in [6.45, 7) is 1.82. The lowest BCUT2D eigenvalue weighted by Crippen LogP contribution is -2.21. The number of carbonyl (C=O) groups excluding carboxylic acids is 2. The summed E-state index contributed by atoms with van der Waals surface area (Å²) in [6.07, 6.45) is 0.0825. The highest BCUT2D eigenvalue weighted by molar-refractivity contribution is 5.92. The monoisotopic (exact) mass is 356 g/mol. The van der Waals surface area contributed by atoms with E-state index in [0.717, 1.165) is 17.0 Å². The number of hydrogen-bond acceptors (Lipinski definition) is 5. The largest absolute Gasteiger partial charge is 0.493 e. The van der Waals surface area contributed by atoms with Crippen LogP contribution in [0.1, 0.15) is 12.0 Å². The van der Waals surface area contributed by atoms with Gasteiger partial charge in [-0.25, -0.2) is 0 Å². The third kappa shape index (κ3) is 6.12. The van der Waals surface area contributed by atoms with Crippen LogP contribution in [0.5, 0.6) is 5.75 Å². The quantitative estimate of drug-likeness (QED) is 0.737. The highest BCUT2D eigenvalue weighted by atomic mass is 16.5. The van der Waals surface area contributed by atoms with E-state index in [2.05, 4.69) is 5.32 Å².